The number of allylic oxidation sites excluding steroid dienone is 1. The van der Waals surface area contributed by atoms with Crippen LogP contribution in [0.4, 0.5) is 0 Å². The van der Waals surface area contributed by atoms with Crippen molar-refractivity contribution < 1.29 is 9.53 Å². The predicted molar refractivity (Wildman–Crippen MR) is 30.0 cm³/mol. The molecule has 0 fully saturated rings. The lowest BCUT2D eigenvalue weighted by atomic mass is 10.4. The lowest BCUT2D eigenvalue weighted by Crippen LogP contribution is -2.11. The van der Waals surface area contributed by atoms with E-state index in [-0.39, 0.29) is 5.70 Å². The molecule has 0 aromatic carbocycles. The van der Waals surface area contributed by atoms with Gasteiger partial charge in [0.25, 0.3) is 0 Å². The summed E-state index contributed by atoms with van der Waals surface area (Å²) in [4.78, 5) is 10.3. The number of esters is 1. The number of carbonyl (C=O) groups excluding carboxylic acids is 1. The van der Waals surface area contributed by atoms with E-state index in [1.807, 2.05) is 0 Å². The van der Waals surface area contributed by atoms with Crippen molar-refractivity contribution in [1.82, 2.24) is 0 Å². The molecule has 8 heavy (non-hydrogen) atoms. The van der Waals surface area contributed by atoms with E-state index >= 15 is 0 Å². The third kappa shape index (κ3) is 1.64. The summed E-state index contributed by atoms with van der Waals surface area (Å²) in [5.74, 6) is -0.479. The highest BCUT2D eigenvalue weighted by atomic mass is 16.5. The maximum Gasteiger partial charge on any atom is 0.353 e. The summed E-state index contributed by atoms with van der Waals surface area (Å²) in [6.45, 7) is 1.67. The Morgan fingerprint density at radius 2 is 2.25 bits per heavy atom. The van der Waals surface area contributed by atoms with Crippen molar-refractivity contribution in [2.45, 2.75) is 6.92 Å². The van der Waals surface area contributed by atoms with Crippen LogP contribution in [0, 0.1) is 0 Å². The molecule has 0 bridgehead atoms. The van der Waals surface area contributed by atoms with E-state index in [9.17, 15) is 4.79 Å². The first kappa shape index (κ1) is 7.01. The fraction of sp³-hybridized carbons (Fsp3) is 0.400. The number of hydrogen-bond acceptors (Lipinski definition) is 3. The largest absolute Gasteiger partial charge is 0.464 e. The second-order valence-corrected chi connectivity index (χ2v) is 1.24. The molecule has 3 heteroatoms. The van der Waals surface area contributed by atoms with Gasteiger partial charge < -0.3 is 10.5 Å². The molecule has 0 aromatic heterocycles. The van der Waals surface area contributed by atoms with Gasteiger partial charge in [0, 0.05) is 0 Å². The molecule has 0 aliphatic rings. The third-order valence-corrected chi connectivity index (χ3v) is 0.732. The predicted octanol–water partition coefficient (Wildman–Crippen LogP) is 0.0219. The smallest absolute Gasteiger partial charge is 0.353 e. The maximum atomic E-state index is 10.3. The van der Waals surface area contributed by atoms with Crippen molar-refractivity contribution >= 4 is 5.97 Å². The van der Waals surface area contributed by atoms with Gasteiger partial charge in [-0.25, -0.2) is 4.79 Å². The van der Waals surface area contributed by atoms with Crippen molar-refractivity contribution in [2.75, 3.05) is 7.11 Å². The van der Waals surface area contributed by atoms with Gasteiger partial charge in [0.05, 0.1) is 7.11 Å². The van der Waals surface area contributed by atoms with Crippen molar-refractivity contribution in [3.8, 4) is 0 Å². The fourth-order valence-corrected chi connectivity index (χ4v) is 0.236. The van der Waals surface area contributed by atoms with Gasteiger partial charge in [0.15, 0.2) is 0 Å². The maximum absolute atomic E-state index is 10.3. The summed E-state index contributed by atoms with van der Waals surface area (Å²) in [5, 5.41) is 0. The Morgan fingerprint density at radius 1 is 1.75 bits per heavy atom. The molecule has 3 nitrogen and oxygen atoms in total. The van der Waals surface area contributed by atoms with Gasteiger partial charge in [-0.05, 0) is 6.92 Å². The van der Waals surface area contributed by atoms with Crippen molar-refractivity contribution in [1.29, 1.82) is 0 Å². The van der Waals surface area contributed by atoms with Crippen LogP contribution in [0.1, 0.15) is 6.92 Å². The molecule has 0 aliphatic heterocycles. The van der Waals surface area contributed by atoms with E-state index in [0.29, 0.717) is 0 Å². The number of rotatable bonds is 1. The highest BCUT2D eigenvalue weighted by Crippen LogP contribution is 1.84. The monoisotopic (exact) mass is 115 g/mol. The van der Waals surface area contributed by atoms with Crippen LogP contribution in [0.5, 0.6) is 0 Å². The highest BCUT2D eigenvalue weighted by Gasteiger charge is 1.99. The molecule has 46 valence electrons. The average molecular weight is 115 g/mol. The van der Waals surface area contributed by atoms with E-state index in [0.717, 1.165) is 0 Å². The van der Waals surface area contributed by atoms with Crippen molar-refractivity contribution in [2.24, 2.45) is 5.73 Å². The quantitative estimate of drug-likeness (QED) is 0.387. The number of methoxy groups -OCH3 is 1. The second-order valence-electron chi connectivity index (χ2n) is 1.24. The van der Waals surface area contributed by atoms with E-state index in [1.54, 1.807) is 6.92 Å². The lowest BCUT2D eigenvalue weighted by Gasteiger charge is -1.94. The fourth-order valence-electron chi connectivity index (χ4n) is 0.236. The Labute approximate surface area is 48.1 Å². The zero-order chi connectivity index (χ0) is 6.57. The van der Waals surface area contributed by atoms with Crippen LogP contribution in [-0.4, -0.2) is 13.1 Å². The van der Waals surface area contributed by atoms with Crippen LogP contribution < -0.4 is 5.73 Å². The molecule has 0 unspecified atom stereocenters. The van der Waals surface area contributed by atoms with E-state index in [1.165, 1.54) is 13.2 Å². The minimum absolute atomic E-state index is 0.146. The van der Waals surface area contributed by atoms with Gasteiger partial charge in [-0.1, -0.05) is 6.08 Å². The molecule has 0 spiro atoms. The Kier molecular flexibility index (Phi) is 2.69. The van der Waals surface area contributed by atoms with Crippen LogP contribution in [0.3, 0.4) is 0 Å². The molecule has 0 amide bonds. The molecular weight excluding hydrogens is 106 g/mol. The molecule has 0 radical (unpaired) electrons. The number of nitrogens with two attached hydrogens (primary N) is 1. The number of ether oxygens (including phenoxy) is 1. The van der Waals surface area contributed by atoms with Gasteiger partial charge in [-0.3, -0.25) is 0 Å². The molecule has 0 saturated heterocycles. The third-order valence-electron chi connectivity index (χ3n) is 0.732. The van der Waals surface area contributed by atoms with E-state index < -0.39 is 5.97 Å². The van der Waals surface area contributed by atoms with Crippen molar-refractivity contribution in [3.63, 3.8) is 0 Å². The van der Waals surface area contributed by atoms with Crippen molar-refractivity contribution in [3.05, 3.63) is 11.8 Å². The Morgan fingerprint density at radius 3 is 2.38 bits per heavy atom. The first-order chi connectivity index (χ1) is 3.72. The standard InChI is InChI=1S/C5H9NO2/c1-3-4(6)5(7)8-2/h3H,6H2,1-2H3/b4-3+. The van der Waals surface area contributed by atoms with Crippen LogP contribution in [-0.2, 0) is 9.53 Å². The summed E-state index contributed by atoms with van der Waals surface area (Å²) < 4.78 is 4.27. The summed E-state index contributed by atoms with van der Waals surface area (Å²) in [7, 11) is 1.29. The normalized spacial score (nSPS) is 11.0. The lowest BCUT2D eigenvalue weighted by molar-refractivity contribution is -0.136. The summed E-state index contributed by atoms with van der Waals surface area (Å²) >= 11 is 0. The molecule has 0 saturated carbocycles. The van der Waals surface area contributed by atoms with E-state index in [2.05, 4.69) is 4.74 Å². The molecule has 0 heterocycles. The van der Waals surface area contributed by atoms with Gasteiger partial charge >= 0.3 is 5.97 Å². The number of hydrogen-bond donors (Lipinski definition) is 1. The zero-order valence-corrected chi connectivity index (χ0v) is 4.97. The van der Waals surface area contributed by atoms with Crippen LogP contribution in [0.2, 0.25) is 0 Å². The van der Waals surface area contributed by atoms with Crippen LogP contribution in [0.15, 0.2) is 11.8 Å². The van der Waals surface area contributed by atoms with Crippen LogP contribution >= 0.6 is 0 Å². The molecule has 0 aromatic rings. The highest BCUT2D eigenvalue weighted by molar-refractivity contribution is 5.86. The summed E-state index contributed by atoms with van der Waals surface area (Å²) in [5.41, 5.74) is 5.26. The van der Waals surface area contributed by atoms with Gasteiger partial charge in [0.2, 0.25) is 0 Å². The minimum Gasteiger partial charge on any atom is -0.464 e. The minimum atomic E-state index is -0.479. The topological polar surface area (TPSA) is 52.3 Å². The summed E-state index contributed by atoms with van der Waals surface area (Å²) in [6, 6.07) is 0. The summed E-state index contributed by atoms with van der Waals surface area (Å²) in [6.07, 6.45) is 1.49. The zero-order valence-electron chi connectivity index (χ0n) is 4.97. The second kappa shape index (κ2) is 3.07. The number of carbonyl (C=O) groups is 1. The average Bonchev–Trinajstić information content (AvgIpc) is 1.84. The first-order valence-electron chi connectivity index (χ1n) is 2.22. The Bertz CT molecular complexity index is 118. The molecular formula is C5H9NO2. The Hall–Kier alpha value is -0.990. The van der Waals surface area contributed by atoms with Crippen LogP contribution in [0.25, 0.3) is 0 Å². The van der Waals surface area contributed by atoms with Gasteiger partial charge in [-0.15, -0.1) is 0 Å². The van der Waals surface area contributed by atoms with E-state index in [4.69, 9.17) is 5.73 Å². The van der Waals surface area contributed by atoms with Gasteiger partial charge in [0.1, 0.15) is 5.70 Å². The van der Waals surface area contributed by atoms with Gasteiger partial charge in [-0.2, -0.15) is 0 Å². The Balaban J connectivity index is 3.83. The SMILES string of the molecule is C/C=C(/N)C(=O)OC. The molecule has 0 aliphatic carbocycles. The molecule has 0 atom stereocenters. The first-order valence-corrected chi connectivity index (χ1v) is 2.22. The molecule has 0 rings (SSSR count). The molecule has 2 N–H and O–H groups in total.